The van der Waals surface area contributed by atoms with Crippen LogP contribution < -0.4 is 5.32 Å². The van der Waals surface area contributed by atoms with Crippen LogP contribution >= 0.6 is 11.6 Å². The van der Waals surface area contributed by atoms with Gasteiger partial charge in [0.2, 0.25) is 0 Å². The average molecular weight is 431 g/mol. The molecule has 4 aromatic rings. The molecule has 0 saturated heterocycles. The minimum absolute atomic E-state index is 0.129. The predicted octanol–water partition coefficient (Wildman–Crippen LogP) is 5.08. The number of alkyl halides is 3. The Balaban J connectivity index is 1.77. The SMILES string of the molecule is O=C(NC(c1ccccn1)C(F)(F)F)c1nc(-c2cccc(Cl)c2)n2ccccc12. The first-order chi connectivity index (χ1) is 14.3. The molecule has 0 aliphatic rings. The second-order valence-corrected chi connectivity index (χ2v) is 6.89. The molecule has 0 aliphatic carbocycles. The monoisotopic (exact) mass is 430 g/mol. The third-order valence-electron chi connectivity index (χ3n) is 4.43. The van der Waals surface area contributed by atoms with Gasteiger partial charge in [0.1, 0.15) is 5.82 Å². The Morgan fingerprint density at radius 1 is 1.07 bits per heavy atom. The lowest BCUT2D eigenvalue weighted by Crippen LogP contribution is -2.38. The standard InChI is InChI=1S/C21H14ClF3N4O/c22-14-7-5-6-13(12-14)19-27-17(16-9-2-4-11-29(16)19)20(30)28-18(21(23,24)25)15-8-1-3-10-26-15/h1-12,18H,(H,28,30). The van der Waals surface area contributed by atoms with Crippen LogP contribution in [0.25, 0.3) is 16.9 Å². The van der Waals surface area contributed by atoms with Crippen molar-refractivity contribution in [3.05, 3.63) is 89.5 Å². The van der Waals surface area contributed by atoms with Crippen LogP contribution in [0, 0.1) is 0 Å². The zero-order valence-corrected chi connectivity index (χ0v) is 16.0. The minimum Gasteiger partial charge on any atom is -0.334 e. The van der Waals surface area contributed by atoms with Crippen molar-refractivity contribution in [1.29, 1.82) is 0 Å². The number of amides is 1. The number of rotatable bonds is 4. The highest BCUT2D eigenvalue weighted by molar-refractivity contribution is 6.30. The van der Waals surface area contributed by atoms with Crippen molar-refractivity contribution in [3.63, 3.8) is 0 Å². The molecule has 3 aromatic heterocycles. The number of fused-ring (bicyclic) bond motifs is 1. The van der Waals surface area contributed by atoms with Crippen LogP contribution in [0.4, 0.5) is 13.2 Å². The molecule has 9 heteroatoms. The van der Waals surface area contributed by atoms with Gasteiger partial charge in [-0.1, -0.05) is 35.9 Å². The van der Waals surface area contributed by atoms with Crippen LogP contribution in [0.15, 0.2) is 73.1 Å². The van der Waals surface area contributed by atoms with Gasteiger partial charge in [-0.05, 0) is 36.4 Å². The van der Waals surface area contributed by atoms with Gasteiger partial charge >= 0.3 is 6.18 Å². The molecule has 1 unspecified atom stereocenters. The number of imidazole rings is 1. The molecule has 1 amide bonds. The first kappa shape index (κ1) is 19.9. The van der Waals surface area contributed by atoms with Crippen LogP contribution in [0.3, 0.4) is 0 Å². The summed E-state index contributed by atoms with van der Waals surface area (Å²) in [6.07, 6.45) is -1.81. The molecule has 5 nitrogen and oxygen atoms in total. The number of hydrogen-bond donors (Lipinski definition) is 1. The van der Waals surface area contributed by atoms with Gasteiger partial charge in [-0.25, -0.2) is 4.98 Å². The Morgan fingerprint density at radius 3 is 2.57 bits per heavy atom. The summed E-state index contributed by atoms with van der Waals surface area (Å²) in [7, 11) is 0. The van der Waals surface area contributed by atoms with Crippen molar-refractivity contribution < 1.29 is 18.0 Å². The van der Waals surface area contributed by atoms with Crippen molar-refractivity contribution >= 4 is 23.0 Å². The summed E-state index contributed by atoms with van der Waals surface area (Å²) in [6.45, 7) is 0. The lowest BCUT2D eigenvalue weighted by Gasteiger charge is -2.20. The van der Waals surface area contributed by atoms with Gasteiger partial charge in [0, 0.05) is 23.0 Å². The minimum atomic E-state index is -4.73. The summed E-state index contributed by atoms with van der Waals surface area (Å²) in [4.78, 5) is 20.9. The van der Waals surface area contributed by atoms with E-state index in [1.165, 1.54) is 24.4 Å². The number of carbonyl (C=O) groups excluding carboxylic acids is 1. The maximum atomic E-state index is 13.6. The summed E-state index contributed by atoms with van der Waals surface area (Å²) in [5.41, 5.74) is 0.555. The highest BCUT2D eigenvalue weighted by Crippen LogP contribution is 2.32. The van der Waals surface area contributed by atoms with Gasteiger partial charge in [-0.2, -0.15) is 13.2 Å². The van der Waals surface area contributed by atoms with E-state index >= 15 is 0 Å². The maximum Gasteiger partial charge on any atom is 0.414 e. The second kappa shape index (κ2) is 7.79. The fourth-order valence-electron chi connectivity index (χ4n) is 3.11. The Kier molecular flexibility index (Phi) is 5.17. The van der Waals surface area contributed by atoms with Gasteiger partial charge in [0.15, 0.2) is 11.7 Å². The van der Waals surface area contributed by atoms with E-state index in [1.54, 1.807) is 53.1 Å². The van der Waals surface area contributed by atoms with Gasteiger partial charge < -0.3 is 5.32 Å². The first-order valence-corrected chi connectivity index (χ1v) is 9.24. The summed E-state index contributed by atoms with van der Waals surface area (Å²) in [5, 5.41) is 2.50. The number of carbonyl (C=O) groups is 1. The molecule has 152 valence electrons. The van der Waals surface area contributed by atoms with Gasteiger partial charge in [-0.15, -0.1) is 0 Å². The quantitative estimate of drug-likeness (QED) is 0.491. The summed E-state index contributed by atoms with van der Waals surface area (Å²) < 4.78 is 42.5. The maximum absolute atomic E-state index is 13.6. The van der Waals surface area contributed by atoms with E-state index in [2.05, 4.69) is 9.97 Å². The smallest absolute Gasteiger partial charge is 0.334 e. The Hall–Kier alpha value is -3.39. The van der Waals surface area contributed by atoms with Crippen molar-refractivity contribution in [2.45, 2.75) is 12.2 Å². The van der Waals surface area contributed by atoms with Gasteiger partial charge in [0.25, 0.3) is 5.91 Å². The molecule has 1 aromatic carbocycles. The Bertz CT molecular complexity index is 1210. The van der Waals surface area contributed by atoms with E-state index in [9.17, 15) is 18.0 Å². The topological polar surface area (TPSA) is 59.3 Å². The molecule has 0 radical (unpaired) electrons. The number of nitrogens with zero attached hydrogens (tertiary/aromatic N) is 3. The van der Waals surface area contributed by atoms with Crippen LogP contribution in [-0.2, 0) is 0 Å². The highest BCUT2D eigenvalue weighted by atomic mass is 35.5. The van der Waals surface area contributed by atoms with E-state index in [4.69, 9.17) is 11.6 Å². The zero-order chi connectivity index (χ0) is 21.3. The van der Waals surface area contributed by atoms with Gasteiger partial charge in [0.05, 0.1) is 11.2 Å². The number of pyridine rings is 2. The highest BCUT2D eigenvalue weighted by Gasteiger charge is 2.43. The first-order valence-electron chi connectivity index (χ1n) is 8.86. The van der Waals surface area contributed by atoms with E-state index in [-0.39, 0.29) is 11.4 Å². The van der Waals surface area contributed by atoms with Crippen molar-refractivity contribution in [2.75, 3.05) is 0 Å². The summed E-state index contributed by atoms with van der Waals surface area (Å²) in [5.74, 6) is -0.570. The fraction of sp³-hybridized carbons (Fsp3) is 0.0952. The molecule has 0 spiro atoms. The molecule has 0 saturated carbocycles. The van der Waals surface area contributed by atoms with Crippen LogP contribution in [0.5, 0.6) is 0 Å². The Labute approximate surface area is 174 Å². The van der Waals surface area contributed by atoms with E-state index in [1.807, 2.05) is 5.32 Å². The number of aromatic nitrogens is 3. The van der Waals surface area contributed by atoms with Crippen LogP contribution in [0.1, 0.15) is 22.2 Å². The van der Waals surface area contributed by atoms with E-state index < -0.39 is 18.1 Å². The lowest BCUT2D eigenvalue weighted by atomic mass is 10.1. The predicted molar refractivity (Wildman–Crippen MR) is 106 cm³/mol. The largest absolute Gasteiger partial charge is 0.414 e. The second-order valence-electron chi connectivity index (χ2n) is 6.45. The number of nitrogens with one attached hydrogen (secondary N) is 1. The van der Waals surface area contributed by atoms with Gasteiger partial charge in [-0.3, -0.25) is 14.2 Å². The third kappa shape index (κ3) is 3.86. The molecule has 30 heavy (non-hydrogen) atoms. The molecule has 0 fully saturated rings. The molecule has 0 aliphatic heterocycles. The molecule has 0 bridgehead atoms. The van der Waals surface area contributed by atoms with E-state index in [0.29, 0.717) is 21.9 Å². The molecular formula is C21H14ClF3N4O. The van der Waals surface area contributed by atoms with Crippen molar-refractivity contribution in [2.24, 2.45) is 0 Å². The molecule has 1 N–H and O–H groups in total. The third-order valence-corrected chi connectivity index (χ3v) is 4.67. The summed E-state index contributed by atoms with van der Waals surface area (Å²) in [6, 6.07) is 13.7. The molecule has 1 atom stereocenters. The van der Waals surface area contributed by atoms with E-state index in [0.717, 1.165) is 0 Å². The fourth-order valence-corrected chi connectivity index (χ4v) is 3.30. The van der Waals surface area contributed by atoms with Crippen LogP contribution in [0.2, 0.25) is 5.02 Å². The molecule has 3 heterocycles. The lowest BCUT2D eigenvalue weighted by molar-refractivity contribution is -0.156. The normalized spacial score (nSPS) is 12.7. The molecular weight excluding hydrogens is 417 g/mol. The van der Waals surface area contributed by atoms with Crippen LogP contribution in [-0.4, -0.2) is 26.5 Å². The summed E-state index contributed by atoms with van der Waals surface area (Å²) >= 11 is 6.05. The number of hydrogen-bond acceptors (Lipinski definition) is 3. The zero-order valence-electron chi connectivity index (χ0n) is 15.3. The number of halogens is 4. The molecule has 4 rings (SSSR count). The number of benzene rings is 1. The average Bonchev–Trinajstić information content (AvgIpc) is 3.11. The van der Waals surface area contributed by atoms with Crippen molar-refractivity contribution in [3.8, 4) is 11.4 Å². The van der Waals surface area contributed by atoms with Crippen molar-refractivity contribution in [1.82, 2.24) is 19.7 Å². The Morgan fingerprint density at radius 2 is 1.87 bits per heavy atom.